The number of carbonyl (C=O) groups excluding carboxylic acids is 1. The molecule has 5 heteroatoms. The second-order valence-electron chi connectivity index (χ2n) is 5.55. The summed E-state index contributed by atoms with van der Waals surface area (Å²) in [6, 6.07) is 7.80. The Labute approximate surface area is 128 Å². The monoisotopic (exact) mass is 301 g/mol. The number of carbonyl (C=O) groups is 1. The van der Waals surface area contributed by atoms with Gasteiger partial charge < -0.3 is 16.0 Å². The van der Waals surface area contributed by atoms with Gasteiger partial charge in [-0.1, -0.05) is 12.1 Å². The predicted octanol–water partition coefficient (Wildman–Crippen LogP) is 2.88. The van der Waals surface area contributed by atoms with Gasteiger partial charge in [0.2, 0.25) is 0 Å². The highest BCUT2D eigenvalue weighted by Gasteiger charge is 2.25. The molecular formula is C16H19N3OS. The summed E-state index contributed by atoms with van der Waals surface area (Å²) in [5.74, 6) is -0.0971. The van der Waals surface area contributed by atoms with Crippen LogP contribution in [0.15, 0.2) is 24.3 Å². The maximum Gasteiger partial charge on any atom is 0.258 e. The van der Waals surface area contributed by atoms with Crippen molar-refractivity contribution in [3.63, 3.8) is 0 Å². The van der Waals surface area contributed by atoms with Crippen molar-refractivity contribution < 1.29 is 4.79 Å². The van der Waals surface area contributed by atoms with E-state index in [9.17, 15) is 4.79 Å². The van der Waals surface area contributed by atoms with E-state index in [-0.39, 0.29) is 5.91 Å². The first-order valence-electron chi connectivity index (χ1n) is 7.01. The molecule has 3 N–H and O–H groups in total. The quantitative estimate of drug-likeness (QED) is 0.896. The molecule has 1 aromatic carbocycles. The third kappa shape index (κ3) is 2.80. The molecule has 0 atom stereocenters. The number of hydrogen-bond donors (Lipinski definition) is 2. The van der Waals surface area contributed by atoms with Gasteiger partial charge in [0, 0.05) is 23.7 Å². The number of nitrogen functional groups attached to an aromatic ring is 1. The van der Waals surface area contributed by atoms with Crippen molar-refractivity contribution in [2.24, 2.45) is 0 Å². The van der Waals surface area contributed by atoms with Crippen molar-refractivity contribution in [3.05, 3.63) is 45.8 Å². The van der Waals surface area contributed by atoms with Crippen LogP contribution in [-0.4, -0.2) is 24.4 Å². The van der Waals surface area contributed by atoms with Crippen molar-refractivity contribution >= 4 is 27.9 Å². The van der Waals surface area contributed by atoms with E-state index >= 15 is 0 Å². The zero-order valence-corrected chi connectivity index (χ0v) is 13.1. The van der Waals surface area contributed by atoms with Gasteiger partial charge in [0.25, 0.3) is 5.91 Å². The normalized spacial score (nSPS) is 14.8. The number of fused-ring (bicyclic) bond motifs is 1. The van der Waals surface area contributed by atoms with Crippen LogP contribution >= 0.6 is 11.3 Å². The Morgan fingerprint density at radius 2 is 2.24 bits per heavy atom. The zero-order chi connectivity index (χ0) is 15.0. The summed E-state index contributed by atoms with van der Waals surface area (Å²) in [4.78, 5) is 16.0. The molecule has 0 fully saturated rings. The SMILES string of the molecule is Cc1cccc(NC(=O)c2c(N)sc3c2CCN(C)C3)c1. The van der Waals surface area contributed by atoms with Crippen LogP contribution in [0, 0.1) is 6.92 Å². The summed E-state index contributed by atoms with van der Waals surface area (Å²) < 4.78 is 0. The molecule has 0 spiro atoms. The molecule has 0 saturated carbocycles. The Hall–Kier alpha value is -1.85. The minimum atomic E-state index is -0.0971. The standard InChI is InChI=1S/C16H19N3OS/c1-10-4-3-5-11(8-10)18-16(20)14-12-6-7-19(2)9-13(12)21-15(14)17/h3-5,8H,6-7,9,17H2,1-2H3,(H,18,20). The van der Waals surface area contributed by atoms with Gasteiger partial charge in [-0.3, -0.25) is 4.79 Å². The van der Waals surface area contributed by atoms with E-state index < -0.39 is 0 Å². The summed E-state index contributed by atoms with van der Waals surface area (Å²) in [6.07, 6.45) is 0.885. The number of nitrogens with two attached hydrogens (primary N) is 1. The number of hydrogen-bond acceptors (Lipinski definition) is 4. The molecule has 110 valence electrons. The van der Waals surface area contributed by atoms with E-state index in [4.69, 9.17) is 5.73 Å². The number of amides is 1. The van der Waals surface area contributed by atoms with Gasteiger partial charge in [-0.15, -0.1) is 11.3 Å². The van der Waals surface area contributed by atoms with E-state index in [2.05, 4.69) is 17.3 Å². The molecule has 1 amide bonds. The Bertz CT molecular complexity index is 693. The molecule has 0 saturated heterocycles. The number of aryl methyl sites for hydroxylation is 1. The van der Waals surface area contributed by atoms with E-state index in [1.165, 1.54) is 16.2 Å². The highest BCUT2D eigenvalue weighted by atomic mass is 32.1. The maximum atomic E-state index is 12.6. The third-order valence-electron chi connectivity index (χ3n) is 3.78. The molecule has 4 nitrogen and oxygen atoms in total. The molecule has 0 bridgehead atoms. The van der Waals surface area contributed by atoms with Crippen LogP contribution in [0.25, 0.3) is 0 Å². The number of nitrogens with one attached hydrogen (secondary N) is 1. The van der Waals surface area contributed by atoms with Crippen LogP contribution in [0.2, 0.25) is 0 Å². The van der Waals surface area contributed by atoms with Gasteiger partial charge in [-0.2, -0.15) is 0 Å². The first kappa shape index (κ1) is 14.1. The average molecular weight is 301 g/mol. The largest absolute Gasteiger partial charge is 0.390 e. The number of nitrogens with zero attached hydrogens (tertiary/aromatic N) is 1. The molecular weight excluding hydrogens is 282 g/mol. The second-order valence-corrected chi connectivity index (χ2v) is 6.69. The van der Waals surface area contributed by atoms with Crippen molar-refractivity contribution in [3.8, 4) is 0 Å². The van der Waals surface area contributed by atoms with Gasteiger partial charge in [0.15, 0.2) is 0 Å². The fourth-order valence-corrected chi connectivity index (χ4v) is 3.91. The second kappa shape index (κ2) is 5.50. The molecule has 0 unspecified atom stereocenters. The van der Waals surface area contributed by atoms with Crippen LogP contribution < -0.4 is 11.1 Å². The maximum absolute atomic E-state index is 12.6. The van der Waals surface area contributed by atoms with Crippen molar-refractivity contribution in [2.45, 2.75) is 19.9 Å². The smallest absolute Gasteiger partial charge is 0.258 e. The zero-order valence-electron chi connectivity index (χ0n) is 12.3. The lowest BCUT2D eigenvalue weighted by atomic mass is 10.0. The lowest BCUT2D eigenvalue weighted by molar-refractivity contribution is 0.102. The van der Waals surface area contributed by atoms with E-state index in [1.807, 2.05) is 31.2 Å². The summed E-state index contributed by atoms with van der Waals surface area (Å²) >= 11 is 1.54. The molecule has 0 aliphatic carbocycles. The molecule has 2 aromatic rings. The van der Waals surface area contributed by atoms with Gasteiger partial charge in [0.05, 0.1) is 10.6 Å². The number of thiophene rings is 1. The molecule has 1 aromatic heterocycles. The van der Waals surface area contributed by atoms with Crippen LogP contribution in [0.5, 0.6) is 0 Å². The molecule has 2 heterocycles. The van der Waals surface area contributed by atoms with Gasteiger partial charge in [-0.05, 0) is 43.7 Å². The van der Waals surface area contributed by atoms with Crippen LogP contribution in [0.4, 0.5) is 10.7 Å². The van der Waals surface area contributed by atoms with Crippen LogP contribution in [0.3, 0.4) is 0 Å². The Morgan fingerprint density at radius 3 is 3.00 bits per heavy atom. The first-order chi connectivity index (χ1) is 10.0. The number of anilines is 2. The lowest BCUT2D eigenvalue weighted by Crippen LogP contribution is -2.27. The van der Waals surface area contributed by atoms with Crippen molar-refractivity contribution in [1.82, 2.24) is 4.90 Å². The lowest BCUT2D eigenvalue weighted by Gasteiger charge is -2.22. The van der Waals surface area contributed by atoms with E-state index in [0.717, 1.165) is 36.3 Å². The Morgan fingerprint density at radius 1 is 1.43 bits per heavy atom. The highest BCUT2D eigenvalue weighted by Crippen LogP contribution is 2.35. The van der Waals surface area contributed by atoms with Gasteiger partial charge in [0.1, 0.15) is 0 Å². The summed E-state index contributed by atoms with van der Waals surface area (Å²) in [7, 11) is 2.09. The van der Waals surface area contributed by atoms with Gasteiger partial charge >= 0.3 is 0 Å². The van der Waals surface area contributed by atoms with E-state index in [0.29, 0.717) is 10.6 Å². The predicted molar refractivity (Wildman–Crippen MR) is 87.9 cm³/mol. The fourth-order valence-electron chi connectivity index (χ4n) is 2.72. The van der Waals surface area contributed by atoms with Crippen LogP contribution in [-0.2, 0) is 13.0 Å². The van der Waals surface area contributed by atoms with E-state index in [1.54, 1.807) is 0 Å². The third-order valence-corrected chi connectivity index (χ3v) is 4.82. The molecule has 1 aliphatic heterocycles. The molecule has 3 rings (SSSR count). The minimum Gasteiger partial charge on any atom is -0.390 e. The number of benzene rings is 1. The van der Waals surface area contributed by atoms with Crippen LogP contribution in [0.1, 0.15) is 26.4 Å². The van der Waals surface area contributed by atoms with Gasteiger partial charge in [-0.25, -0.2) is 0 Å². The minimum absolute atomic E-state index is 0.0971. The molecule has 21 heavy (non-hydrogen) atoms. The topological polar surface area (TPSA) is 58.4 Å². The molecule has 0 radical (unpaired) electrons. The first-order valence-corrected chi connectivity index (χ1v) is 7.83. The summed E-state index contributed by atoms with van der Waals surface area (Å²) in [6.45, 7) is 3.85. The number of likely N-dealkylation sites (N-methyl/N-ethyl adjacent to an activating group) is 1. The Kier molecular flexibility index (Phi) is 3.69. The Balaban J connectivity index is 1.88. The highest BCUT2D eigenvalue weighted by molar-refractivity contribution is 7.16. The summed E-state index contributed by atoms with van der Waals surface area (Å²) in [5, 5.41) is 3.59. The summed E-state index contributed by atoms with van der Waals surface area (Å²) in [5.41, 5.74) is 9.82. The molecule has 1 aliphatic rings. The van der Waals surface area contributed by atoms with Crippen molar-refractivity contribution in [1.29, 1.82) is 0 Å². The average Bonchev–Trinajstić information content (AvgIpc) is 2.73. The number of rotatable bonds is 2. The van der Waals surface area contributed by atoms with Crippen molar-refractivity contribution in [2.75, 3.05) is 24.6 Å². The fraction of sp³-hybridized carbons (Fsp3) is 0.312.